The van der Waals surface area contributed by atoms with Crippen LogP contribution in [0.15, 0.2) is 18.2 Å². The molecule has 1 aromatic rings. The molecule has 1 fully saturated rings. The van der Waals surface area contributed by atoms with Crippen LogP contribution in [0.25, 0.3) is 0 Å². The zero-order valence-electron chi connectivity index (χ0n) is 17.4. The molecule has 0 saturated carbocycles. The Morgan fingerprint density at radius 2 is 1.70 bits per heavy atom. The Morgan fingerprint density at radius 3 is 2.30 bits per heavy atom. The van der Waals surface area contributed by atoms with Crippen LogP contribution in [0.2, 0.25) is 0 Å². The van der Waals surface area contributed by atoms with Gasteiger partial charge in [-0.25, -0.2) is 13.2 Å². The molecule has 1 saturated heterocycles. The first-order chi connectivity index (χ1) is 14.2. The quantitative estimate of drug-likeness (QED) is 0.669. The highest BCUT2D eigenvalue weighted by Gasteiger charge is 2.34. The van der Waals surface area contributed by atoms with Crippen molar-refractivity contribution < 1.29 is 32.2 Å². The molecule has 0 radical (unpaired) electrons. The van der Waals surface area contributed by atoms with Gasteiger partial charge in [0.05, 0.1) is 18.6 Å². The van der Waals surface area contributed by atoms with E-state index >= 15 is 0 Å². The molecule has 3 rings (SSSR count). The number of carbonyl (C=O) groups is 2. The fourth-order valence-electron chi connectivity index (χ4n) is 3.56. The number of amides is 2. The highest BCUT2D eigenvalue weighted by atomic mass is 32.2. The van der Waals surface area contributed by atoms with Crippen molar-refractivity contribution in [2.45, 2.75) is 19.9 Å². The summed E-state index contributed by atoms with van der Waals surface area (Å²) in [5.41, 5.74) is 0.327. The summed E-state index contributed by atoms with van der Waals surface area (Å²) in [6.45, 7) is 5.65. The van der Waals surface area contributed by atoms with Crippen LogP contribution in [0.1, 0.15) is 13.8 Å². The molecule has 2 aliphatic heterocycles. The van der Waals surface area contributed by atoms with Crippen LogP contribution in [0.3, 0.4) is 0 Å². The highest BCUT2D eigenvalue weighted by Crippen LogP contribution is 2.35. The second-order valence-electron chi connectivity index (χ2n) is 7.07. The number of hydrogen-bond acceptors (Lipinski definition) is 7. The predicted octanol–water partition coefficient (Wildman–Crippen LogP) is 0.913. The minimum Gasteiger partial charge on any atom is -0.486 e. The molecule has 0 unspecified atom stereocenters. The Labute approximate surface area is 176 Å². The number of rotatable bonds is 5. The molecule has 11 heteroatoms. The summed E-state index contributed by atoms with van der Waals surface area (Å²) >= 11 is 0. The molecule has 0 N–H and O–H groups in total. The first kappa shape index (κ1) is 22.0. The predicted molar refractivity (Wildman–Crippen MR) is 109 cm³/mol. The molecule has 30 heavy (non-hydrogen) atoms. The Bertz CT molecular complexity index is 897. The van der Waals surface area contributed by atoms with E-state index in [1.54, 1.807) is 36.9 Å². The van der Waals surface area contributed by atoms with Gasteiger partial charge in [-0.1, -0.05) is 0 Å². The molecule has 0 bridgehead atoms. The first-order valence-electron chi connectivity index (χ1n) is 9.82. The van der Waals surface area contributed by atoms with E-state index in [1.165, 1.54) is 4.90 Å². The van der Waals surface area contributed by atoms with E-state index in [0.29, 0.717) is 56.6 Å². The van der Waals surface area contributed by atoms with Crippen molar-refractivity contribution in [2.24, 2.45) is 0 Å². The maximum atomic E-state index is 13.1. The number of hydrogen-bond donors (Lipinski definition) is 0. The highest BCUT2D eigenvalue weighted by molar-refractivity contribution is 7.92. The molecule has 2 amide bonds. The number of ether oxygens (including phenoxy) is 3. The van der Waals surface area contributed by atoms with Gasteiger partial charge in [0.25, 0.3) is 0 Å². The van der Waals surface area contributed by atoms with E-state index in [-0.39, 0.29) is 12.5 Å². The van der Waals surface area contributed by atoms with Crippen molar-refractivity contribution >= 4 is 27.7 Å². The second-order valence-corrected chi connectivity index (χ2v) is 8.93. The minimum atomic E-state index is -3.75. The number of carbonyl (C=O) groups excluding carboxylic acids is 2. The average Bonchev–Trinajstić information content (AvgIpc) is 2.72. The van der Waals surface area contributed by atoms with Gasteiger partial charge in [0.2, 0.25) is 15.9 Å². The fraction of sp³-hybridized carbons (Fsp3) is 0.579. The largest absolute Gasteiger partial charge is 0.486 e. The standard InChI is InChI=1S/C19H27N3O7S/c1-4-27-19(24)21-9-7-20(8-10-21)18(23)14(2)22(30(3,25)26)15-5-6-16-17(13-15)29-12-11-28-16/h5-6,13-14H,4,7-12H2,1-3H3/t14-/m0/s1. The lowest BCUT2D eigenvalue weighted by molar-refractivity contribution is -0.133. The molecule has 166 valence electrons. The van der Waals surface area contributed by atoms with Crippen LogP contribution < -0.4 is 13.8 Å². The van der Waals surface area contributed by atoms with Crippen LogP contribution in [-0.2, 0) is 19.6 Å². The van der Waals surface area contributed by atoms with Gasteiger partial charge in [-0.3, -0.25) is 9.10 Å². The van der Waals surface area contributed by atoms with Crippen LogP contribution in [0.5, 0.6) is 11.5 Å². The molecule has 1 atom stereocenters. The lowest BCUT2D eigenvalue weighted by atomic mass is 10.2. The molecular formula is C19H27N3O7S. The molecule has 0 spiro atoms. The summed E-state index contributed by atoms with van der Waals surface area (Å²) in [7, 11) is -3.75. The third-order valence-electron chi connectivity index (χ3n) is 4.96. The maximum absolute atomic E-state index is 13.1. The molecular weight excluding hydrogens is 414 g/mol. The number of anilines is 1. The van der Waals surface area contributed by atoms with E-state index in [0.717, 1.165) is 10.6 Å². The summed E-state index contributed by atoms with van der Waals surface area (Å²) in [6, 6.07) is 3.84. The third-order valence-corrected chi connectivity index (χ3v) is 6.21. The maximum Gasteiger partial charge on any atom is 0.409 e. The van der Waals surface area contributed by atoms with Crippen molar-refractivity contribution in [3.05, 3.63) is 18.2 Å². The average molecular weight is 442 g/mol. The summed E-state index contributed by atoms with van der Waals surface area (Å²) in [5, 5.41) is 0. The number of nitrogens with zero attached hydrogens (tertiary/aromatic N) is 3. The second kappa shape index (κ2) is 8.99. The SMILES string of the molecule is CCOC(=O)N1CCN(C(=O)[C@H](C)N(c2ccc3c(c2)OCCO3)S(C)(=O)=O)CC1. The van der Waals surface area contributed by atoms with Crippen LogP contribution >= 0.6 is 0 Å². The van der Waals surface area contributed by atoms with Crippen molar-refractivity contribution in [3.8, 4) is 11.5 Å². The van der Waals surface area contributed by atoms with Crippen molar-refractivity contribution in [1.82, 2.24) is 9.80 Å². The molecule has 0 aliphatic carbocycles. The monoisotopic (exact) mass is 441 g/mol. The molecule has 10 nitrogen and oxygen atoms in total. The van der Waals surface area contributed by atoms with Gasteiger partial charge in [-0.15, -0.1) is 0 Å². The van der Waals surface area contributed by atoms with Crippen molar-refractivity contribution in [3.63, 3.8) is 0 Å². The Kier molecular flexibility index (Phi) is 6.59. The third kappa shape index (κ3) is 4.72. The van der Waals surface area contributed by atoms with Crippen LogP contribution in [-0.4, -0.2) is 88.5 Å². The number of piperazine rings is 1. The van der Waals surface area contributed by atoms with E-state index in [9.17, 15) is 18.0 Å². The Morgan fingerprint density at radius 1 is 1.10 bits per heavy atom. The van der Waals surface area contributed by atoms with E-state index in [2.05, 4.69) is 0 Å². The zero-order chi connectivity index (χ0) is 21.9. The van der Waals surface area contributed by atoms with Crippen molar-refractivity contribution in [2.75, 3.05) is 56.6 Å². The Hall–Kier alpha value is -2.69. The van der Waals surface area contributed by atoms with Gasteiger partial charge < -0.3 is 24.0 Å². The summed E-state index contributed by atoms with van der Waals surface area (Å²) in [4.78, 5) is 28.0. The van der Waals surface area contributed by atoms with E-state index in [1.807, 2.05) is 0 Å². The van der Waals surface area contributed by atoms with Crippen molar-refractivity contribution in [1.29, 1.82) is 0 Å². The summed E-state index contributed by atoms with van der Waals surface area (Å²) in [6.07, 6.45) is 0.651. The molecule has 0 aromatic heterocycles. The minimum absolute atomic E-state index is 0.286. The molecule has 2 aliphatic rings. The number of fused-ring (bicyclic) bond motifs is 1. The van der Waals surface area contributed by atoms with Gasteiger partial charge >= 0.3 is 6.09 Å². The first-order valence-corrected chi connectivity index (χ1v) is 11.7. The van der Waals surface area contributed by atoms with Crippen LogP contribution in [0.4, 0.5) is 10.5 Å². The van der Waals surface area contributed by atoms with Gasteiger partial charge in [0.15, 0.2) is 11.5 Å². The lowest BCUT2D eigenvalue weighted by Gasteiger charge is -2.37. The molecule has 2 heterocycles. The van der Waals surface area contributed by atoms with Gasteiger partial charge in [0.1, 0.15) is 19.3 Å². The zero-order valence-corrected chi connectivity index (χ0v) is 18.2. The topological polar surface area (TPSA) is 106 Å². The van der Waals surface area contributed by atoms with Gasteiger partial charge in [0, 0.05) is 32.2 Å². The fourth-order valence-corrected chi connectivity index (χ4v) is 4.72. The molecule has 1 aromatic carbocycles. The van der Waals surface area contributed by atoms with Gasteiger partial charge in [-0.05, 0) is 26.0 Å². The van der Waals surface area contributed by atoms with Crippen LogP contribution in [0, 0.1) is 0 Å². The summed E-state index contributed by atoms with van der Waals surface area (Å²) < 4.78 is 42.2. The Balaban J connectivity index is 1.76. The van der Waals surface area contributed by atoms with E-state index < -0.39 is 22.2 Å². The number of benzene rings is 1. The summed E-state index contributed by atoms with van der Waals surface area (Å²) in [5.74, 6) is 0.640. The van der Waals surface area contributed by atoms with E-state index in [4.69, 9.17) is 14.2 Å². The lowest BCUT2D eigenvalue weighted by Crippen LogP contribution is -2.56. The smallest absolute Gasteiger partial charge is 0.409 e. The normalized spacial score (nSPS) is 17.3. The number of sulfonamides is 1. The van der Waals surface area contributed by atoms with Gasteiger partial charge in [-0.2, -0.15) is 0 Å².